The van der Waals surface area contributed by atoms with Crippen molar-refractivity contribution in [1.82, 2.24) is 0 Å². The van der Waals surface area contributed by atoms with E-state index in [1.165, 1.54) is 64.2 Å². The molecule has 0 aliphatic heterocycles. The Labute approximate surface area is 181 Å². The van der Waals surface area contributed by atoms with Crippen LogP contribution in [-0.2, 0) is 23.8 Å². The van der Waals surface area contributed by atoms with Crippen LogP contribution in [0.25, 0.3) is 0 Å². The summed E-state index contributed by atoms with van der Waals surface area (Å²) in [7, 11) is -3.32. The lowest BCUT2D eigenvalue weighted by Crippen LogP contribution is -2.19. The molecule has 0 unspecified atom stereocenters. The Morgan fingerprint density at radius 1 is 0.586 bits per heavy atom. The maximum absolute atomic E-state index is 11.0. The lowest BCUT2D eigenvalue weighted by Gasteiger charge is -2.19. The molecule has 0 aliphatic rings. The summed E-state index contributed by atoms with van der Waals surface area (Å²) in [6.07, 6.45) is 19.6. The molecule has 0 fully saturated rings. The van der Waals surface area contributed by atoms with E-state index in [4.69, 9.17) is 13.7 Å². The molecule has 0 heterocycles. The van der Waals surface area contributed by atoms with Crippen LogP contribution in [0.5, 0.6) is 0 Å². The third-order valence-corrected chi connectivity index (χ3v) is 5.58. The molecule has 0 aromatic carbocycles. The van der Waals surface area contributed by atoms with Gasteiger partial charge in [0.15, 0.2) is 6.29 Å². The molecule has 0 bridgehead atoms. The van der Waals surface area contributed by atoms with Crippen LogP contribution in [0.15, 0.2) is 0 Å². The topological polar surface area (TPSA) is 61.8 Å². The van der Waals surface area contributed by atoms with Crippen molar-refractivity contribution in [2.45, 2.75) is 123 Å². The average molecular weight is 437 g/mol. The van der Waals surface area contributed by atoms with Gasteiger partial charge in [-0.2, -0.15) is 8.42 Å². The minimum absolute atomic E-state index is 0.128. The van der Waals surface area contributed by atoms with Gasteiger partial charge in [-0.3, -0.25) is 4.18 Å². The Hall–Kier alpha value is -0.170. The fraction of sp³-hybridized carbons (Fsp3) is 1.00. The predicted octanol–water partition coefficient (Wildman–Crippen LogP) is 6.60. The predicted molar refractivity (Wildman–Crippen MR) is 122 cm³/mol. The fourth-order valence-electron chi connectivity index (χ4n) is 3.21. The van der Waals surface area contributed by atoms with Gasteiger partial charge in [-0.05, 0) is 32.1 Å². The van der Waals surface area contributed by atoms with Crippen molar-refractivity contribution in [2.24, 2.45) is 0 Å². The van der Waals surface area contributed by atoms with E-state index in [0.29, 0.717) is 0 Å². The summed E-state index contributed by atoms with van der Waals surface area (Å²) in [5.74, 6) is 0. The highest BCUT2D eigenvalue weighted by atomic mass is 32.2. The summed E-state index contributed by atoms with van der Waals surface area (Å²) in [4.78, 5) is 0. The van der Waals surface area contributed by atoms with Gasteiger partial charge >= 0.3 is 0 Å². The monoisotopic (exact) mass is 436 g/mol. The second kappa shape index (κ2) is 21.1. The van der Waals surface area contributed by atoms with E-state index in [1.54, 1.807) is 0 Å². The van der Waals surface area contributed by atoms with E-state index < -0.39 is 10.1 Å². The molecule has 0 spiro atoms. The second-order valence-corrected chi connectivity index (χ2v) is 9.73. The molecule has 0 aliphatic carbocycles. The third-order valence-electron chi connectivity index (χ3n) is 4.98. The van der Waals surface area contributed by atoms with Crippen LogP contribution < -0.4 is 0 Å². The average Bonchev–Trinajstić information content (AvgIpc) is 2.67. The summed E-state index contributed by atoms with van der Waals surface area (Å²) in [6, 6.07) is 0. The number of rotatable bonds is 23. The summed E-state index contributed by atoms with van der Waals surface area (Å²) < 4.78 is 38.7. The molecule has 0 saturated heterocycles. The molecule has 0 aromatic rings. The zero-order valence-electron chi connectivity index (χ0n) is 19.5. The lowest BCUT2D eigenvalue weighted by atomic mass is 10.1. The summed E-state index contributed by atoms with van der Waals surface area (Å²) >= 11 is 0. The maximum atomic E-state index is 11.0. The normalized spacial score (nSPS) is 12.1. The first-order chi connectivity index (χ1) is 14.0. The number of hydrogen-bond acceptors (Lipinski definition) is 5. The molecule has 0 atom stereocenters. The van der Waals surface area contributed by atoms with Crippen molar-refractivity contribution in [2.75, 3.05) is 26.1 Å². The van der Waals surface area contributed by atoms with Gasteiger partial charge in [-0.1, -0.05) is 84.5 Å². The molecule has 6 heteroatoms. The SMILES string of the molecule is CCCCCCCCOC(CCCCCOS(C)(=O)=O)OCCCCCCCC. The first-order valence-corrected chi connectivity index (χ1v) is 13.9. The Bertz CT molecular complexity index is 407. The van der Waals surface area contributed by atoms with Gasteiger partial charge in [0.1, 0.15) is 0 Å². The molecule has 0 aromatic heterocycles. The largest absolute Gasteiger partial charge is 0.353 e. The summed E-state index contributed by atoms with van der Waals surface area (Å²) in [5, 5.41) is 0. The van der Waals surface area contributed by atoms with Crippen LogP contribution in [0, 0.1) is 0 Å². The van der Waals surface area contributed by atoms with E-state index in [1.807, 2.05) is 0 Å². The van der Waals surface area contributed by atoms with Crippen LogP contribution in [0.4, 0.5) is 0 Å². The van der Waals surface area contributed by atoms with Gasteiger partial charge in [0.25, 0.3) is 10.1 Å². The van der Waals surface area contributed by atoms with Gasteiger partial charge in [0, 0.05) is 13.2 Å². The van der Waals surface area contributed by atoms with Gasteiger partial charge in [0.2, 0.25) is 0 Å². The summed E-state index contributed by atoms with van der Waals surface area (Å²) in [5.41, 5.74) is 0. The lowest BCUT2D eigenvalue weighted by molar-refractivity contribution is -0.148. The van der Waals surface area contributed by atoms with Crippen LogP contribution >= 0.6 is 0 Å². The van der Waals surface area contributed by atoms with Gasteiger partial charge < -0.3 is 9.47 Å². The molecule has 0 saturated carbocycles. The molecule has 5 nitrogen and oxygen atoms in total. The third kappa shape index (κ3) is 24.0. The maximum Gasteiger partial charge on any atom is 0.264 e. The fourth-order valence-corrected chi connectivity index (χ4v) is 3.63. The number of unbranched alkanes of at least 4 members (excludes halogenated alkanes) is 12. The molecule has 176 valence electrons. The molecular weight excluding hydrogens is 388 g/mol. The summed E-state index contributed by atoms with van der Waals surface area (Å²) in [6.45, 7) is 6.28. The van der Waals surface area contributed by atoms with Crippen molar-refractivity contribution >= 4 is 10.1 Å². The zero-order valence-corrected chi connectivity index (χ0v) is 20.3. The molecule has 0 radical (unpaired) electrons. The minimum Gasteiger partial charge on any atom is -0.353 e. The molecule has 0 N–H and O–H groups in total. The first kappa shape index (κ1) is 28.8. The quantitative estimate of drug-likeness (QED) is 0.102. The zero-order chi connectivity index (χ0) is 21.6. The van der Waals surface area contributed by atoms with Crippen molar-refractivity contribution in [1.29, 1.82) is 0 Å². The standard InChI is InChI=1S/C23H48O5S/c1-4-6-8-10-12-16-20-26-23(27-21-17-13-11-9-7-5-2)19-15-14-18-22-28-29(3,24)25/h23H,4-22H2,1-3H3. The Morgan fingerprint density at radius 3 is 1.48 bits per heavy atom. The minimum atomic E-state index is -3.32. The van der Waals surface area contributed by atoms with Crippen molar-refractivity contribution in [3.63, 3.8) is 0 Å². The van der Waals surface area contributed by atoms with Crippen LogP contribution in [0.2, 0.25) is 0 Å². The Kier molecular flexibility index (Phi) is 21.0. The molecule has 0 rings (SSSR count). The number of ether oxygens (including phenoxy) is 2. The highest BCUT2D eigenvalue weighted by Gasteiger charge is 2.10. The van der Waals surface area contributed by atoms with Gasteiger partial charge in [0.05, 0.1) is 12.9 Å². The van der Waals surface area contributed by atoms with Crippen molar-refractivity contribution in [3.8, 4) is 0 Å². The van der Waals surface area contributed by atoms with E-state index >= 15 is 0 Å². The second-order valence-electron chi connectivity index (χ2n) is 8.08. The van der Waals surface area contributed by atoms with Crippen LogP contribution in [0.3, 0.4) is 0 Å². The van der Waals surface area contributed by atoms with Crippen LogP contribution in [0.1, 0.15) is 117 Å². The number of hydrogen-bond donors (Lipinski definition) is 0. The first-order valence-electron chi connectivity index (χ1n) is 12.1. The van der Waals surface area contributed by atoms with Gasteiger partial charge in [-0.25, -0.2) is 0 Å². The molecule has 0 amide bonds. The van der Waals surface area contributed by atoms with E-state index in [2.05, 4.69) is 13.8 Å². The molecular formula is C23H48O5S. The Morgan fingerprint density at radius 2 is 1.00 bits per heavy atom. The van der Waals surface area contributed by atoms with Crippen molar-refractivity contribution < 1.29 is 22.1 Å². The van der Waals surface area contributed by atoms with Gasteiger partial charge in [-0.15, -0.1) is 0 Å². The highest BCUT2D eigenvalue weighted by Crippen LogP contribution is 2.13. The van der Waals surface area contributed by atoms with E-state index in [0.717, 1.165) is 58.0 Å². The highest BCUT2D eigenvalue weighted by molar-refractivity contribution is 7.85. The van der Waals surface area contributed by atoms with Crippen LogP contribution in [-0.4, -0.2) is 40.8 Å². The van der Waals surface area contributed by atoms with Crippen molar-refractivity contribution in [3.05, 3.63) is 0 Å². The van der Waals surface area contributed by atoms with E-state index in [9.17, 15) is 8.42 Å². The van der Waals surface area contributed by atoms with E-state index in [-0.39, 0.29) is 12.9 Å². The smallest absolute Gasteiger partial charge is 0.264 e. The molecule has 29 heavy (non-hydrogen) atoms. The Balaban J connectivity index is 3.91.